The molecular formula is C24H21FN4O3. The highest BCUT2D eigenvalue weighted by Gasteiger charge is 2.27. The molecule has 1 aromatic heterocycles. The Balaban J connectivity index is 1.45. The SMILES string of the molecule is COc1ccccc1C(=O)N1CCN(c2oc(/C=C/c3ccc(F)cc3)nc2C#N)CC1. The number of para-hydroxylation sites is 1. The molecule has 0 bridgehead atoms. The zero-order valence-electron chi connectivity index (χ0n) is 17.5. The number of halogens is 1. The topological polar surface area (TPSA) is 82.6 Å². The first-order chi connectivity index (χ1) is 15.6. The van der Waals surface area contributed by atoms with Crippen LogP contribution in [0.2, 0.25) is 0 Å². The van der Waals surface area contributed by atoms with E-state index in [9.17, 15) is 14.4 Å². The molecule has 2 aromatic carbocycles. The fraction of sp³-hybridized carbons (Fsp3) is 0.208. The molecule has 4 rings (SSSR count). The lowest BCUT2D eigenvalue weighted by Gasteiger charge is -2.34. The molecule has 0 spiro atoms. The summed E-state index contributed by atoms with van der Waals surface area (Å²) < 4.78 is 24.2. The van der Waals surface area contributed by atoms with Crippen LogP contribution in [-0.2, 0) is 0 Å². The first kappa shape index (κ1) is 21.1. The highest BCUT2D eigenvalue weighted by Crippen LogP contribution is 2.25. The number of ether oxygens (including phenoxy) is 1. The first-order valence-corrected chi connectivity index (χ1v) is 10.1. The zero-order valence-corrected chi connectivity index (χ0v) is 17.5. The summed E-state index contributed by atoms with van der Waals surface area (Å²) in [7, 11) is 1.54. The molecule has 0 N–H and O–H groups in total. The molecule has 162 valence electrons. The Morgan fingerprint density at radius 3 is 2.53 bits per heavy atom. The van der Waals surface area contributed by atoms with E-state index in [1.54, 1.807) is 54.5 Å². The number of carbonyl (C=O) groups is 1. The largest absolute Gasteiger partial charge is 0.496 e. The smallest absolute Gasteiger partial charge is 0.257 e. The molecule has 3 aromatic rings. The maximum Gasteiger partial charge on any atom is 0.257 e. The summed E-state index contributed by atoms with van der Waals surface area (Å²) in [5.41, 5.74) is 1.50. The van der Waals surface area contributed by atoms with Crippen LogP contribution in [0.3, 0.4) is 0 Å². The fourth-order valence-corrected chi connectivity index (χ4v) is 3.53. The fourth-order valence-electron chi connectivity index (χ4n) is 3.53. The van der Waals surface area contributed by atoms with Crippen LogP contribution in [0.15, 0.2) is 52.9 Å². The van der Waals surface area contributed by atoms with Gasteiger partial charge in [0.1, 0.15) is 17.6 Å². The number of hydrogen-bond acceptors (Lipinski definition) is 6. The van der Waals surface area contributed by atoms with E-state index in [1.807, 2.05) is 11.0 Å². The monoisotopic (exact) mass is 432 g/mol. The van der Waals surface area contributed by atoms with E-state index >= 15 is 0 Å². The number of rotatable bonds is 5. The summed E-state index contributed by atoms with van der Waals surface area (Å²) in [5, 5.41) is 9.48. The standard InChI is InChI=1S/C24H21FN4O3/c1-31-21-5-3-2-4-19(21)23(30)28-12-14-29(15-13-28)24-20(16-26)27-22(32-24)11-8-17-6-9-18(25)10-7-17/h2-11H,12-15H2,1H3/b11-8+. The number of anilines is 1. The first-order valence-electron chi connectivity index (χ1n) is 10.1. The van der Waals surface area contributed by atoms with Crippen LogP contribution in [0.4, 0.5) is 10.3 Å². The van der Waals surface area contributed by atoms with Gasteiger partial charge in [0.15, 0.2) is 0 Å². The van der Waals surface area contributed by atoms with Gasteiger partial charge in [-0.15, -0.1) is 0 Å². The van der Waals surface area contributed by atoms with Crippen LogP contribution in [0.5, 0.6) is 5.75 Å². The van der Waals surface area contributed by atoms with Crippen LogP contribution in [0.1, 0.15) is 27.5 Å². The van der Waals surface area contributed by atoms with Gasteiger partial charge in [-0.3, -0.25) is 4.79 Å². The molecule has 1 saturated heterocycles. The van der Waals surface area contributed by atoms with E-state index in [0.717, 1.165) is 5.56 Å². The van der Waals surface area contributed by atoms with Crippen LogP contribution in [0.25, 0.3) is 12.2 Å². The number of piperazine rings is 1. The zero-order chi connectivity index (χ0) is 22.5. The van der Waals surface area contributed by atoms with Crippen LogP contribution in [0, 0.1) is 17.1 Å². The molecule has 0 atom stereocenters. The van der Waals surface area contributed by atoms with Gasteiger partial charge in [-0.05, 0) is 35.9 Å². The number of oxazole rings is 1. The number of aromatic nitrogens is 1. The normalized spacial score (nSPS) is 13.9. The van der Waals surface area contributed by atoms with E-state index in [2.05, 4.69) is 11.1 Å². The summed E-state index contributed by atoms with van der Waals surface area (Å²) in [6, 6.07) is 15.2. The summed E-state index contributed by atoms with van der Waals surface area (Å²) in [4.78, 5) is 20.8. The minimum Gasteiger partial charge on any atom is -0.496 e. The van der Waals surface area contributed by atoms with Crippen molar-refractivity contribution in [2.75, 3.05) is 38.2 Å². The van der Waals surface area contributed by atoms with Crippen molar-refractivity contribution in [3.63, 3.8) is 0 Å². The van der Waals surface area contributed by atoms with Crippen LogP contribution in [-0.4, -0.2) is 49.1 Å². The molecular weight excluding hydrogens is 411 g/mol. The van der Waals surface area contributed by atoms with Crippen molar-refractivity contribution in [1.82, 2.24) is 9.88 Å². The minimum absolute atomic E-state index is 0.0944. The Morgan fingerprint density at radius 2 is 1.84 bits per heavy atom. The third kappa shape index (κ3) is 4.47. The molecule has 32 heavy (non-hydrogen) atoms. The van der Waals surface area contributed by atoms with Gasteiger partial charge in [-0.1, -0.05) is 24.3 Å². The van der Waals surface area contributed by atoms with Crippen LogP contribution >= 0.6 is 0 Å². The predicted molar refractivity (Wildman–Crippen MR) is 118 cm³/mol. The van der Waals surface area contributed by atoms with E-state index in [1.165, 1.54) is 12.1 Å². The summed E-state index contributed by atoms with van der Waals surface area (Å²) in [6.45, 7) is 1.96. The van der Waals surface area contributed by atoms with Gasteiger partial charge in [0, 0.05) is 32.3 Å². The summed E-state index contributed by atoms with van der Waals surface area (Å²) in [6.07, 6.45) is 3.37. The molecule has 0 radical (unpaired) electrons. The maximum atomic E-state index is 13.0. The van der Waals surface area contributed by atoms with Gasteiger partial charge in [-0.25, -0.2) is 4.39 Å². The number of nitriles is 1. The lowest BCUT2D eigenvalue weighted by molar-refractivity contribution is 0.0742. The Labute approximate surface area is 185 Å². The maximum absolute atomic E-state index is 13.0. The lowest BCUT2D eigenvalue weighted by atomic mass is 10.1. The van der Waals surface area contributed by atoms with Crippen molar-refractivity contribution in [2.24, 2.45) is 0 Å². The van der Waals surface area contributed by atoms with Crippen molar-refractivity contribution in [2.45, 2.75) is 0 Å². The molecule has 0 saturated carbocycles. The molecule has 1 fully saturated rings. The average molecular weight is 432 g/mol. The van der Waals surface area contributed by atoms with Gasteiger partial charge >= 0.3 is 0 Å². The summed E-state index contributed by atoms with van der Waals surface area (Å²) in [5.74, 6) is 0.808. The Kier molecular flexibility index (Phi) is 6.17. The molecule has 8 heteroatoms. The second-order valence-electron chi connectivity index (χ2n) is 7.18. The molecule has 7 nitrogen and oxygen atoms in total. The minimum atomic E-state index is -0.310. The molecule has 1 aliphatic rings. The Hall–Kier alpha value is -4.12. The third-order valence-electron chi connectivity index (χ3n) is 5.21. The van der Waals surface area contributed by atoms with E-state index in [0.29, 0.717) is 43.4 Å². The van der Waals surface area contributed by atoms with Crippen molar-refractivity contribution >= 4 is 23.9 Å². The Morgan fingerprint density at radius 1 is 1.12 bits per heavy atom. The lowest BCUT2D eigenvalue weighted by Crippen LogP contribution is -2.49. The second-order valence-corrected chi connectivity index (χ2v) is 7.18. The van der Waals surface area contributed by atoms with Gasteiger partial charge in [0.2, 0.25) is 17.5 Å². The third-order valence-corrected chi connectivity index (χ3v) is 5.21. The highest BCUT2D eigenvalue weighted by atomic mass is 19.1. The van der Waals surface area contributed by atoms with Crippen molar-refractivity contribution in [3.8, 4) is 11.8 Å². The number of nitrogens with zero attached hydrogens (tertiary/aromatic N) is 4. The van der Waals surface area contributed by atoms with Crippen LogP contribution < -0.4 is 9.64 Å². The number of hydrogen-bond donors (Lipinski definition) is 0. The number of carbonyl (C=O) groups excluding carboxylic acids is 1. The average Bonchev–Trinajstić information content (AvgIpc) is 3.26. The van der Waals surface area contributed by atoms with E-state index < -0.39 is 0 Å². The van der Waals surface area contributed by atoms with E-state index in [-0.39, 0.29) is 23.3 Å². The quantitative estimate of drug-likeness (QED) is 0.610. The number of benzene rings is 2. The second kappa shape index (κ2) is 9.35. The van der Waals surface area contributed by atoms with E-state index in [4.69, 9.17) is 9.15 Å². The van der Waals surface area contributed by atoms with Gasteiger partial charge in [-0.2, -0.15) is 10.2 Å². The number of amides is 1. The van der Waals surface area contributed by atoms with Crippen molar-refractivity contribution < 1.29 is 18.3 Å². The molecule has 0 aliphatic carbocycles. The Bertz CT molecular complexity index is 1170. The number of methoxy groups -OCH3 is 1. The molecule has 1 amide bonds. The predicted octanol–water partition coefficient (Wildman–Crippen LogP) is 3.83. The van der Waals surface area contributed by atoms with Crippen molar-refractivity contribution in [3.05, 3.63) is 77.1 Å². The van der Waals surface area contributed by atoms with Gasteiger partial charge < -0.3 is 19.0 Å². The van der Waals surface area contributed by atoms with Crippen molar-refractivity contribution in [1.29, 1.82) is 5.26 Å². The molecule has 1 aliphatic heterocycles. The molecule has 0 unspecified atom stereocenters. The van der Waals surface area contributed by atoms with Gasteiger partial charge in [0.05, 0.1) is 12.7 Å². The van der Waals surface area contributed by atoms with Gasteiger partial charge in [0.25, 0.3) is 5.91 Å². The summed E-state index contributed by atoms with van der Waals surface area (Å²) >= 11 is 0. The highest BCUT2D eigenvalue weighted by molar-refractivity contribution is 5.97. The molecule has 2 heterocycles.